The van der Waals surface area contributed by atoms with Gasteiger partial charge in [0.15, 0.2) is 0 Å². The summed E-state index contributed by atoms with van der Waals surface area (Å²) in [5.74, 6) is 0.0165. The monoisotopic (exact) mass is 361 g/mol. The molecule has 0 radical (unpaired) electrons. The molecule has 1 aliphatic rings. The van der Waals surface area contributed by atoms with Gasteiger partial charge in [-0.05, 0) is 49.9 Å². The normalized spacial score (nSPS) is 15.9. The van der Waals surface area contributed by atoms with Crippen molar-refractivity contribution in [1.82, 2.24) is 15.2 Å². The van der Waals surface area contributed by atoms with Gasteiger partial charge in [-0.1, -0.05) is 42.0 Å². The first-order valence-electron chi connectivity index (χ1n) is 9.76. The minimum atomic E-state index is 0.0165. The van der Waals surface area contributed by atoms with E-state index in [1.54, 1.807) is 0 Å². The van der Waals surface area contributed by atoms with Gasteiger partial charge >= 0.3 is 0 Å². The lowest BCUT2D eigenvalue weighted by molar-refractivity contribution is 0.0904. The third kappa shape index (κ3) is 3.91. The molecule has 1 fully saturated rings. The zero-order valence-electron chi connectivity index (χ0n) is 16.1. The van der Waals surface area contributed by atoms with Crippen LogP contribution in [0.4, 0.5) is 0 Å². The molecule has 140 valence electrons. The van der Waals surface area contributed by atoms with Crippen molar-refractivity contribution in [2.75, 3.05) is 13.1 Å². The van der Waals surface area contributed by atoms with E-state index in [0.717, 1.165) is 48.9 Å². The first kappa shape index (κ1) is 17.8. The van der Waals surface area contributed by atoms with E-state index in [4.69, 9.17) is 0 Å². The standard InChI is InChI=1S/C23H27N3O/c1-16-8-9-21-20(14-16)17(2)22(25-21)23(27)24-19-10-12-26(13-11-19)15-18-6-4-3-5-7-18/h3-9,14,19,25H,10-13,15H2,1-2H3,(H,24,27). The number of H-pyrrole nitrogens is 1. The molecule has 4 rings (SSSR count). The summed E-state index contributed by atoms with van der Waals surface area (Å²) in [7, 11) is 0. The van der Waals surface area contributed by atoms with Crippen molar-refractivity contribution in [3.8, 4) is 0 Å². The number of likely N-dealkylation sites (tertiary alicyclic amines) is 1. The van der Waals surface area contributed by atoms with Crippen LogP contribution < -0.4 is 5.32 Å². The molecule has 1 amide bonds. The summed E-state index contributed by atoms with van der Waals surface area (Å²) in [6.07, 6.45) is 1.99. The average Bonchev–Trinajstić information content (AvgIpc) is 3.00. The van der Waals surface area contributed by atoms with Crippen LogP contribution in [-0.4, -0.2) is 34.9 Å². The highest BCUT2D eigenvalue weighted by Gasteiger charge is 2.23. The Morgan fingerprint density at radius 2 is 1.85 bits per heavy atom. The molecule has 1 saturated heterocycles. The van der Waals surface area contributed by atoms with Gasteiger partial charge in [0, 0.05) is 36.6 Å². The second-order valence-electron chi connectivity index (χ2n) is 7.68. The first-order chi connectivity index (χ1) is 13.1. The van der Waals surface area contributed by atoms with Gasteiger partial charge in [-0.15, -0.1) is 0 Å². The number of nitrogens with one attached hydrogen (secondary N) is 2. The van der Waals surface area contributed by atoms with Crippen LogP contribution in [0.5, 0.6) is 0 Å². The average molecular weight is 361 g/mol. The van der Waals surface area contributed by atoms with Crippen molar-refractivity contribution < 1.29 is 4.79 Å². The maximum absolute atomic E-state index is 12.8. The molecule has 2 N–H and O–H groups in total. The Morgan fingerprint density at radius 3 is 2.59 bits per heavy atom. The summed E-state index contributed by atoms with van der Waals surface area (Å²) in [6, 6.07) is 17.1. The minimum Gasteiger partial charge on any atom is -0.350 e. The number of aromatic amines is 1. The predicted octanol–water partition coefficient (Wildman–Crippen LogP) is 4.18. The lowest BCUT2D eigenvalue weighted by Gasteiger charge is -2.32. The van der Waals surface area contributed by atoms with Gasteiger partial charge in [0.2, 0.25) is 0 Å². The zero-order chi connectivity index (χ0) is 18.8. The van der Waals surface area contributed by atoms with E-state index in [9.17, 15) is 4.79 Å². The van der Waals surface area contributed by atoms with Crippen LogP contribution in [0.15, 0.2) is 48.5 Å². The van der Waals surface area contributed by atoms with Crippen molar-refractivity contribution in [3.05, 3.63) is 70.9 Å². The van der Waals surface area contributed by atoms with E-state index in [1.165, 1.54) is 11.1 Å². The van der Waals surface area contributed by atoms with Crippen LogP contribution in [0.25, 0.3) is 10.9 Å². The van der Waals surface area contributed by atoms with Crippen LogP contribution in [-0.2, 0) is 6.54 Å². The van der Waals surface area contributed by atoms with Crippen molar-refractivity contribution in [3.63, 3.8) is 0 Å². The molecule has 1 aromatic heterocycles. The number of aromatic nitrogens is 1. The smallest absolute Gasteiger partial charge is 0.268 e. The summed E-state index contributed by atoms with van der Waals surface area (Å²) in [5, 5.41) is 4.38. The number of rotatable bonds is 4. The molecule has 0 spiro atoms. The maximum atomic E-state index is 12.8. The number of hydrogen-bond donors (Lipinski definition) is 2. The Morgan fingerprint density at radius 1 is 1.11 bits per heavy atom. The van der Waals surface area contributed by atoms with Crippen molar-refractivity contribution in [2.24, 2.45) is 0 Å². The molecule has 2 aromatic carbocycles. The Kier molecular flexibility index (Phi) is 4.99. The molecule has 3 aromatic rings. The molecule has 27 heavy (non-hydrogen) atoms. The molecule has 2 heterocycles. The highest BCUT2D eigenvalue weighted by molar-refractivity contribution is 6.01. The Bertz CT molecular complexity index is 937. The number of carbonyl (C=O) groups is 1. The second-order valence-corrected chi connectivity index (χ2v) is 7.68. The third-order valence-electron chi connectivity index (χ3n) is 5.61. The number of hydrogen-bond acceptors (Lipinski definition) is 2. The summed E-state index contributed by atoms with van der Waals surface area (Å²) in [4.78, 5) is 18.6. The zero-order valence-corrected chi connectivity index (χ0v) is 16.1. The van der Waals surface area contributed by atoms with Crippen molar-refractivity contribution in [2.45, 2.75) is 39.3 Å². The second kappa shape index (κ2) is 7.57. The highest BCUT2D eigenvalue weighted by Crippen LogP contribution is 2.23. The third-order valence-corrected chi connectivity index (χ3v) is 5.61. The van der Waals surface area contributed by atoms with Crippen LogP contribution in [0.1, 0.15) is 40.0 Å². The quantitative estimate of drug-likeness (QED) is 0.732. The first-order valence-corrected chi connectivity index (χ1v) is 9.76. The molecule has 0 bridgehead atoms. The van der Waals surface area contributed by atoms with Gasteiger partial charge in [-0.3, -0.25) is 9.69 Å². The molecule has 1 aliphatic heterocycles. The fraction of sp³-hybridized carbons (Fsp3) is 0.348. The molecule has 4 nitrogen and oxygen atoms in total. The summed E-state index contributed by atoms with van der Waals surface area (Å²) >= 11 is 0. The predicted molar refractivity (Wildman–Crippen MR) is 110 cm³/mol. The largest absolute Gasteiger partial charge is 0.350 e. The topological polar surface area (TPSA) is 48.1 Å². The van der Waals surface area contributed by atoms with Gasteiger partial charge in [0.1, 0.15) is 5.69 Å². The Hall–Kier alpha value is -2.59. The maximum Gasteiger partial charge on any atom is 0.268 e. The molecule has 0 saturated carbocycles. The highest BCUT2D eigenvalue weighted by atomic mass is 16.2. The van der Waals surface area contributed by atoms with E-state index in [-0.39, 0.29) is 11.9 Å². The van der Waals surface area contributed by atoms with Crippen LogP contribution in [0.3, 0.4) is 0 Å². The van der Waals surface area contributed by atoms with Gasteiger partial charge in [-0.25, -0.2) is 0 Å². The van der Waals surface area contributed by atoms with Crippen LogP contribution in [0.2, 0.25) is 0 Å². The number of amides is 1. The van der Waals surface area contributed by atoms with E-state index in [0.29, 0.717) is 5.69 Å². The van der Waals surface area contributed by atoms with Gasteiger partial charge < -0.3 is 10.3 Å². The SMILES string of the molecule is Cc1ccc2[nH]c(C(=O)NC3CCN(Cc4ccccc4)CC3)c(C)c2c1. The fourth-order valence-corrected chi connectivity index (χ4v) is 4.00. The number of carbonyl (C=O) groups excluding carboxylic acids is 1. The molecule has 0 atom stereocenters. The number of piperidine rings is 1. The van der Waals surface area contributed by atoms with Crippen molar-refractivity contribution in [1.29, 1.82) is 0 Å². The lowest BCUT2D eigenvalue weighted by Crippen LogP contribution is -2.44. The van der Waals surface area contributed by atoms with E-state index >= 15 is 0 Å². The van der Waals surface area contributed by atoms with Crippen LogP contribution in [0, 0.1) is 13.8 Å². The minimum absolute atomic E-state index is 0.0165. The van der Waals surface area contributed by atoms with E-state index < -0.39 is 0 Å². The molecule has 0 aliphatic carbocycles. The summed E-state index contributed by atoms with van der Waals surface area (Å²) in [6.45, 7) is 7.13. The van der Waals surface area contributed by atoms with E-state index in [2.05, 4.69) is 70.7 Å². The number of nitrogens with zero attached hydrogens (tertiary/aromatic N) is 1. The van der Waals surface area contributed by atoms with Crippen molar-refractivity contribution >= 4 is 16.8 Å². The van der Waals surface area contributed by atoms with E-state index in [1.807, 2.05) is 6.92 Å². The summed E-state index contributed by atoms with van der Waals surface area (Å²) in [5.41, 5.74) is 5.32. The number of aryl methyl sites for hydroxylation is 2. The van der Waals surface area contributed by atoms with Gasteiger partial charge in [0.05, 0.1) is 0 Å². The fourth-order valence-electron chi connectivity index (χ4n) is 4.00. The summed E-state index contributed by atoms with van der Waals surface area (Å²) < 4.78 is 0. The molecular weight excluding hydrogens is 334 g/mol. The Labute approximate surface area is 160 Å². The number of benzene rings is 2. The molecular formula is C23H27N3O. The number of fused-ring (bicyclic) bond motifs is 1. The molecule has 0 unspecified atom stereocenters. The molecule has 4 heteroatoms. The lowest BCUT2D eigenvalue weighted by atomic mass is 10.0. The van der Waals surface area contributed by atoms with Gasteiger partial charge in [-0.2, -0.15) is 0 Å². The Balaban J connectivity index is 1.36. The van der Waals surface area contributed by atoms with Crippen LogP contribution >= 0.6 is 0 Å². The van der Waals surface area contributed by atoms with Gasteiger partial charge in [0.25, 0.3) is 5.91 Å².